The van der Waals surface area contributed by atoms with E-state index in [0.717, 1.165) is 38.2 Å². The van der Waals surface area contributed by atoms with Gasteiger partial charge in [0.15, 0.2) is 11.5 Å². The van der Waals surface area contributed by atoms with Gasteiger partial charge in [0.25, 0.3) is 0 Å². The Morgan fingerprint density at radius 1 is 1.14 bits per heavy atom. The van der Waals surface area contributed by atoms with Gasteiger partial charge in [-0.25, -0.2) is 0 Å². The van der Waals surface area contributed by atoms with Gasteiger partial charge in [0.05, 0.1) is 0 Å². The summed E-state index contributed by atoms with van der Waals surface area (Å²) in [6, 6.07) is 5.56. The summed E-state index contributed by atoms with van der Waals surface area (Å²) < 4.78 is 0. The lowest BCUT2D eigenvalue weighted by Crippen LogP contribution is -2.45. The second-order valence-electron chi connectivity index (χ2n) is 5.19. The van der Waals surface area contributed by atoms with Crippen molar-refractivity contribution in [1.82, 2.24) is 10.2 Å². The number of benzene rings is 1. The van der Waals surface area contributed by atoms with Crippen LogP contribution in [0.4, 0.5) is 0 Å². The van der Waals surface area contributed by atoms with E-state index in [1.165, 1.54) is 12.8 Å². The second kappa shape index (κ2) is 10.1. The topological polar surface area (TPSA) is 55.7 Å². The van der Waals surface area contributed by atoms with Gasteiger partial charge >= 0.3 is 0 Å². The quantitative estimate of drug-likeness (QED) is 0.723. The van der Waals surface area contributed by atoms with Crippen molar-refractivity contribution in [2.45, 2.75) is 32.2 Å². The van der Waals surface area contributed by atoms with Crippen LogP contribution in [0.5, 0.6) is 11.5 Å². The van der Waals surface area contributed by atoms with Gasteiger partial charge in [-0.05, 0) is 24.1 Å². The molecule has 122 valence electrons. The zero-order chi connectivity index (χ0) is 13.7. The molecule has 6 heteroatoms. The molecule has 3 N–H and O–H groups in total. The lowest BCUT2D eigenvalue weighted by atomic mass is 9.98. The van der Waals surface area contributed by atoms with Crippen LogP contribution in [0.1, 0.15) is 37.8 Å². The standard InChI is InChI=1S/C15H24N2O2.2ClH/c1-2-3-4-13(17-9-7-16-8-10-17)12-5-6-14(18)15(19)11-12;;/h5-6,11,13,16,18-19H,2-4,7-10H2,1H3;2*1H/t13-;;/m0../s1. The number of unbranched alkanes of at least 4 members (excludes halogenated alkanes) is 1. The highest BCUT2D eigenvalue weighted by molar-refractivity contribution is 5.85. The van der Waals surface area contributed by atoms with E-state index in [-0.39, 0.29) is 36.3 Å². The lowest BCUT2D eigenvalue weighted by molar-refractivity contribution is 0.163. The summed E-state index contributed by atoms with van der Waals surface area (Å²) in [4.78, 5) is 2.47. The van der Waals surface area contributed by atoms with Crippen molar-refractivity contribution in [2.75, 3.05) is 26.2 Å². The van der Waals surface area contributed by atoms with Crippen molar-refractivity contribution in [3.05, 3.63) is 23.8 Å². The molecule has 4 nitrogen and oxygen atoms in total. The number of phenols is 2. The number of piperazine rings is 1. The number of aromatic hydroxyl groups is 2. The average Bonchev–Trinajstić information content (AvgIpc) is 2.44. The number of hydrogen-bond acceptors (Lipinski definition) is 4. The summed E-state index contributed by atoms with van der Waals surface area (Å²) in [5.41, 5.74) is 1.10. The molecule has 1 aromatic rings. The van der Waals surface area contributed by atoms with Gasteiger partial charge in [0, 0.05) is 32.2 Å². The first kappa shape index (κ1) is 20.3. The Morgan fingerprint density at radius 3 is 2.38 bits per heavy atom. The molecule has 1 heterocycles. The molecule has 1 aliphatic rings. The van der Waals surface area contributed by atoms with Gasteiger partial charge in [-0.3, -0.25) is 4.90 Å². The van der Waals surface area contributed by atoms with E-state index in [2.05, 4.69) is 17.1 Å². The van der Waals surface area contributed by atoms with E-state index in [9.17, 15) is 10.2 Å². The fraction of sp³-hybridized carbons (Fsp3) is 0.600. The Balaban J connectivity index is 0.00000200. The molecule has 0 radical (unpaired) electrons. The number of rotatable bonds is 5. The SMILES string of the molecule is CCCC[C@@H](c1ccc(O)c(O)c1)N1CCNCC1.Cl.Cl. The molecule has 2 rings (SSSR count). The summed E-state index contributed by atoms with van der Waals surface area (Å²) in [5, 5.41) is 22.5. The smallest absolute Gasteiger partial charge is 0.157 e. The molecule has 1 saturated heterocycles. The fourth-order valence-electron chi connectivity index (χ4n) is 2.70. The Labute approximate surface area is 139 Å². The van der Waals surface area contributed by atoms with Crippen molar-refractivity contribution in [3.8, 4) is 11.5 Å². The van der Waals surface area contributed by atoms with E-state index in [4.69, 9.17) is 0 Å². The summed E-state index contributed by atoms with van der Waals surface area (Å²) in [6.07, 6.45) is 3.45. The predicted molar refractivity (Wildman–Crippen MR) is 91.0 cm³/mol. The third-order valence-corrected chi connectivity index (χ3v) is 3.81. The minimum Gasteiger partial charge on any atom is -0.504 e. The molecule has 1 aliphatic heterocycles. The molecule has 0 unspecified atom stereocenters. The molecule has 0 aromatic heterocycles. The molecule has 0 saturated carbocycles. The van der Waals surface area contributed by atoms with E-state index in [1.54, 1.807) is 12.1 Å². The highest BCUT2D eigenvalue weighted by atomic mass is 35.5. The van der Waals surface area contributed by atoms with Crippen LogP contribution in [-0.2, 0) is 0 Å². The van der Waals surface area contributed by atoms with Gasteiger partial charge < -0.3 is 15.5 Å². The van der Waals surface area contributed by atoms with Crippen LogP contribution in [-0.4, -0.2) is 41.3 Å². The summed E-state index contributed by atoms with van der Waals surface area (Å²) in [6.45, 7) is 6.31. The molecule has 0 bridgehead atoms. The van der Waals surface area contributed by atoms with Gasteiger partial charge in [0.1, 0.15) is 0 Å². The third-order valence-electron chi connectivity index (χ3n) is 3.81. The van der Waals surface area contributed by atoms with Crippen molar-refractivity contribution in [2.24, 2.45) is 0 Å². The molecular formula is C15H26Cl2N2O2. The first-order chi connectivity index (χ1) is 9.22. The lowest BCUT2D eigenvalue weighted by Gasteiger charge is -2.35. The molecule has 1 atom stereocenters. The van der Waals surface area contributed by atoms with Crippen LogP contribution in [0.2, 0.25) is 0 Å². The van der Waals surface area contributed by atoms with Gasteiger partial charge in [0.2, 0.25) is 0 Å². The average molecular weight is 337 g/mol. The van der Waals surface area contributed by atoms with Crippen LogP contribution in [0, 0.1) is 0 Å². The van der Waals surface area contributed by atoms with Gasteiger partial charge in [-0.15, -0.1) is 24.8 Å². The highest BCUT2D eigenvalue weighted by Crippen LogP contribution is 2.32. The van der Waals surface area contributed by atoms with Crippen LogP contribution in [0.15, 0.2) is 18.2 Å². The summed E-state index contributed by atoms with van der Waals surface area (Å²) in [7, 11) is 0. The van der Waals surface area contributed by atoms with E-state index < -0.39 is 0 Å². The minimum absolute atomic E-state index is 0. The van der Waals surface area contributed by atoms with Crippen molar-refractivity contribution >= 4 is 24.8 Å². The molecule has 0 spiro atoms. The maximum atomic E-state index is 9.69. The monoisotopic (exact) mass is 336 g/mol. The summed E-state index contributed by atoms with van der Waals surface area (Å²) in [5.74, 6) is -0.0626. The Bertz CT molecular complexity index is 413. The van der Waals surface area contributed by atoms with Gasteiger partial charge in [-0.2, -0.15) is 0 Å². The second-order valence-corrected chi connectivity index (χ2v) is 5.19. The maximum absolute atomic E-state index is 9.69. The van der Waals surface area contributed by atoms with E-state index in [0.29, 0.717) is 6.04 Å². The predicted octanol–water partition coefficient (Wildman–Crippen LogP) is 3.08. The van der Waals surface area contributed by atoms with Crippen LogP contribution < -0.4 is 5.32 Å². The maximum Gasteiger partial charge on any atom is 0.157 e. The van der Waals surface area contributed by atoms with E-state index >= 15 is 0 Å². The largest absolute Gasteiger partial charge is 0.504 e. The minimum atomic E-state index is -0.0432. The number of nitrogens with one attached hydrogen (secondary N) is 1. The first-order valence-electron chi connectivity index (χ1n) is 7.19. The summed E-state index contributed by atoms with van der Waals surface area (Å²) >= 11 is 0. The normalized spacial score (nSPS) is 16.6. The fourth-order valence-corrected chi connectivity index (χ4v) is 2.70. The zero-order valence-corrected chi connectivity index (χ0v) is 14.1. The number of nitrogens with zero attached hydrogens (tertiary/aromatic N) is 1. The number of halogens is 2. The molecule has 1 aromatic carbocycles. The van der Waals surface area contributed by atoms with Gasteiger partial charge in [-0.1, -0.05) is 25.8 Å². The molecular weight excluding hydrogens is 311 g/mol. The van der Waals surface area contributed by atoms with Crippen LogP contribution in [0.3, 0.4) is 0 Å². The zero-order valence-electron chi connectivity index (χ0n) is 12.4. The van der Waals surface area contributed by atoms with Crippen molar-refractivity contribution in [1.29, 1.82) is 0 Å². The highest BCUT2D eigenvalue weighted by Gasteiger charge is 2.22. The van der Waals surface area contributed by atoms with Crippen LogP contribution >= 0.6 is 24.8 Å². The molecule has 0 aliphatic carbocycles. The first-order valence-corrected chi connectivity index (χ1v) is 7.19. The van der Waals surface area contributed by atoms with Crippen molar-refractivity contribution < 1.29 is 10.2 Å². The number of hydrogen-bond donors (Lipinski definition) is 3. The van der Waals surface area contributed by atoms with Crippen LogP contribution in [0.25, 0.3) is 0 Å². The number of phenolic OH excluding ortho intramolecular Hbond substituents is 2. The molecule has 0 amide bonds. The third kappa shape index (κ3) is 5.55. The Morgan fingerprint density at radius 2 is 1.81 bits per heavy atom. The molecule has 21 heavy (non-hydrogen) atoms. The molecule has 1 fully saturated rings. The van der Waals surface area contributed by atoms with Crippen molar-refractivity contribution in [3.63, 3.8) is 0 Å². The van der Waals surface area contributed by atoms with E-state index in [1.807, 2.05) is 6.07 Å². The Hall–Kier alpha value is -0.680. The Kier molecular flexibility index (Phi) is 9.79.